The van der Waals surface area contributed by atoms with Crippen LogP contribution in [0, 0.1) is 22.2 Å². The van der Waals surface area contributed by atoms with Gasteiger partial charge in [0.1, 0.15) is 0 Å². The van der Waals surface area contributed by atoms with Gasteiger partial charge in [-0.3, -0.25) is 0 Å². The van der Waals surface area contributed by atoms with E-state index in [1.165, 1.54) is 12.8 Å². The molecule has 110 valence electrons. The Bertz CT molecular complexity index is 345. The summed E-state index contributed by atoms with van der Waals surface area (Å²) in [6.07, 6.45) is 7.31. The van der Waals surface area contributed by atoms with E-state index in [4.69, 9.17) is 0 Å². The quantitative estimate of drug-likeness (QED) is 0.553. The van der Waals surface area contributed by atoms with Crippen LogP contribution in [-0.4, -0.2) is 0 Å². The highest BCUT2D eigenvalue weighted by molar-refractivity contribution is 5.42. The van der Waals surface area contributed by atoms with Gasteiger partial charge in [0.2, 0.25) is 0 Å². The number of hydrogen-bond donors (Lipinski definition) is 0. The molecule has 0 nitrogen and oxygen atoms in total. The van der Waals surface area contributed by atoms with Crippen molar-refractivity contribution in [2.24, 2.45) is 22.2 Å². The normalized spacial score (nSPS) is 18.6. The van der Waals surface area contributed by atoms with Crippen LogP contribution in [0.3, 0.4) is 0 Å². The third-order valence-corrected chi connectivity index (χ3v) is 5.11. The fourth-order valence-electron chi connectivity index (χ4n) is 3.31. The van der Waals surface area contributed by atoms with Gasteiger partial charge in [0.25, 0.3) is 0 Å². The van der Waals surface area contributed by atoms with Crippen LogP contribution in [-0.2, 0) is 0 Å². The van der Waals surface area contributed by atoms with Crippen molar-refractivity contribution < 1.29 is 0 Å². The second kappa shape index (κ2) is 5.11. The summed E-state index contributed by atoms with van der Waals surface area (Å²) in [5, 5.41) is 0. The molecule has 0 spiro atoms. The first-order valence-corrected chi connectivity index (χ1v) is 7.90. The van der Waals surface area contributed by atoms with E-state index in [2.05, 4.69) is 74.5 Å². The van der Waals surface area contributed by atoms with E-state index in [-0.39, 0.29) is 10.8 Å². The van der Waals surface area contributed by atoms with Crippen LogP contribution in [0.25, 0.3) is 0 Å². The monoisotopic (exact) mass is 262 g/mol. The minimum absolute atomic E-state index is 0.264. The Morgan fingerprint density at radius 1 is 0.737 bits per heavy atom. The molecule has 19 heavy (non-hydrogen) atoms. The lowest BCUT2D eigenvalue weighted by Gasteiger charge is -2.44. The van der Waals surface area contributed by atoms with Gasteiger partial charge in [0, 0.05) is 5.92 Å². The molecule has 0 N–H and O–H groups in total. The molecule has 0 unspecified atom stereocenters. The molecule has 0 aromatic heterocycles. The Labute approximate surface area is 121 Å². The zero-order chi connectivity index (χ0) is 15.1. The fraction of sp³-hybridized carbons (Fsp3) is 0.789. The lowest BCUT2D eigenvalue weighted by atomic mass is 9.60. The van der Waals surface area contributed by atoms with Crippen molar-refractivity contribution >= 4 is 0 Å². The Morgan fingerprint density at radius 3 is 1.26 bits per heavy atom. The Hall–Kier alpha value is -0.520. The van der Waals surface area contributed by atoms with Crippen LogP contribution >= 0.6 is 0 Å². The minimum atomic E-state index is 0.264. The third kappa shape index (κ3) is 3.15. The molecule has 0 saturated carbocycles. The van der Waals surface area contributed by atoms with Gasteiger partial charge in [-0.25, -0.2) is 0 Å². The molecule has 0 aromatic carbocycles. The SMILES string of the molecule is CCC(C)(CC)C1C(C(C)(C)C)=CC=C1C(C)(C)C. The Balaban J connectivity index is 3.31. The van der Waals surface area contributed by atoms with Crippen LogP contribution in [0.1, 0.15) is 75.2 Å². The van der Waals surface area contributed by atoms with E-state index in [1.54, 1.807) is 11.1 Å². The first kappa shape index (κ1) is 16.5. The Kier molecular flexibility index (Phi) is 4.45. The smallest absolute Gasteiger partial charge is 0.00773 e. The first-order valence-electron chi connectivity index (χ1n) is 7.90. The van der Waals surface area contributed by atoms with Crippen LogP contribution in [0.5, 0.6) is 0 Å². The molecular weight excluding hydrogens is 228 g/mol. The lowest BCUT2D eigenvalue weighted by molar-refractivity contribution is 0.187. The van der Waals surface area contributed by atoms with Crippen LogP contribution in [0.4, 0.5) is 0 Å². The van der Waals surface area contributed by atoms with E-state index in [0.29, 0.717) is 11.3 Å². The summed E-state index contributed by atoms with van der Waals surface area (Å²) in [7, 11) is 0. The fourth-order valence-corrected chi connectivity index (χ4v) is 3.31. The van der Waals surface area contributed by atoms with E-state index in [1.807, 2.05) is 0 Å². The molecule has 0 fully saturated rings. The molecule has 0 aromatic rings. The number of allylic oxidation sites excluding steroid dienone is 4. The molecule has 1 rings (SSSR count). The van der Waals surface area contributed by atoms with E-state index >= 15 is 0 Å². The number of rotatable bonds is 3. The lowest BCUT2D eigenvalue weighted by Crippen LogP contribution is -2.35. The molecule has 0 bridgehead atoms. The average molecular weight is 262 g/mol. The van der Waals surface area contributed by atoms with Gasteiger partial charge in [-0.2, -0.15) is 0 Å². The van der Waals surface area contributed by atoms with Crippen molar-refractivity contribution in [2.45, 2.75) is 75.2 Å². The van der Waals surface area contributed by atoms with Crippen molar-refractivity contribution in [3.8, 4) is 0 Å². The summed E-state index contributed by atoms with van der Waals surface area (Å²) in [6.45, 7) is 21.3. The van der Waals surface area contributed by atoms with Gasteiger partial charge in [0.15, 0.2) is 0 Å². The molecular formula is C19H34. The molecule has 1 aliphatic rings. The maximum Gasteiger partial charge on any atom is 0.00773 e. The molecule has 0 atom stereocenters. The highest BCUT2D eigenvalue weighted by atomic mass is 14.5. The molecule has 0 heterocycles. The molecule has 1 aliphatic carbocycles. The molecule has 0 radical (unpaired) electrons. The van der Waals surface area contributed by atoms with Crippen molar-refractivity contribution in [3.05, 3.63) is 23.3 Å². The largest absolute Gasteiger partial charge is 0.0648 e. The minimum Gasteiger partial charge on any atom is -0.0648 e. The van der Waals surface area contributed by atoms with Gasteiger partial charge in [-0.05, 0) is 29.1 Å². The van der Waals surface area contributed by atoms with Gasteiger partial charge < -0.3 is 0 Å². The van der Waals surface area contributed by atoms with E-state index < -0.39 is 0 Å². The average Bonchev–Trinajstić information content (AvgIpc) is 2.72. The van der Waals surface area contributed by atoms with Crippen molar-refractivity contribution in [3.63, 3.8) is 0 Å². The maximum absolute atomic E-state index is 2.47. The van der Waals surface area contributed by atoms with Crippen molar-refractivity contribution in [1.29, 1.82) is 0 Å². The zero-order valence-electron chi connectivity index (χ0n) is 14.6. The van der Waals surface area contributed by atoms with Gasteiger partial charge in [0.05, 0.1) is 0 Å². The van der Waals surface area contributed by atoms with Crippen LogP contribution in [0.15, 0.2) is 23.3 Å². The highest BCUT2D eigenvalue weighted by Gasteiger charge is 2.44. The van der Waals surface area contributed by atoms with Gasteiger partial charge >= 0.3 is 0 Å². The molecule has 0 heteroatoms. The summed E-state index contributed by atoms with van der Waals surface area (Å²) in [6, 6.07) is 0. The third-order valence-electron chi connectivity index (χ3n) is 5.11. The van der Waals surface area contributed by atoms with Crippen LogP contribution in [0.2, 0.25) is 0 Å². The van der Waals surface area contributed by atoms with Crippen molar-refractivity contribution in [2.75, 3.05) is 0 Å². The predicted octanol–water partition coefficient (Wildman–Crippen LogP) is 6.39. The number of hydrogen-bond acceptors (Lipinski definition) is 0. The topological polar surface area (TPSA) is 0 Å². The molecule has 0 aliphatic heterocycles. The molecule has 0 amide bonds. The van der Waals surface area contributed by atoms with Crippen LogP contribution < -0.4 is 0 Å². The van der Waals surface area contributed by atoms with E-state index in [9.17, 15) is 0 Å². The summed E-state index contributed by atoms with van der Waals surface area (Å²) < 4.78 is 0. The first-order chi connectivity index (χ1) is 8.47. The standard InChI is InChI=1S/C19H34/c1-10-19(9,11-2)16-14(17(3,4)5)12-13-15(16)18(6,7)8/h12-13,16H,10-11H2,1-9H3. The van der Waals surface area contributed by atoms with Gasteiger partial charge in [-0.15, -0.1) is 0 Å². The second-order valence-electron chi connectivity index (χ2n) is 8.54. The second-order valence-corrected chi connectivity index (χ2v) is 8.54. The molecule has 0 saturated heterocycles. The summed E-state index contributed by atoms with van der Waals surface area (Å²) in [5.41, 5.74) is 4.17. The Morgan fingerprint density at radius 2 is 1.05 bits per heavy atom. The summed E-state index contributed by atoms with van der Waals surface area (Å²) >= 11 is 0. The maximum atomic E-state index is 2.47. The summed E-state index contributed by atoms with van der Waals surface area (Å²) in [5.74, 6) is 0.613. The summed E-state index contributed by atoms with van der Waals surface area (Å²) in [4.78, 5) is 0. The van der Waals surface area contributed by atoms with Crippen molar-refractivity contribution in [1.82, 2.24) is 0 Å². The highest BCUT2D eigenvalue weighted by Crippen LogP contribution is 2.54. The predicted molar refractivity (Wildman–Crippen MR) is 87.3 cm³/mol. The zero-order valence-corrected chi connectivity index (χ0v) is 14.6. The van der Waals surface area contributed by atoms with E-state index in [0.717, 1.165) is 0 Å². The van der Waals surface area contributed by atoms with Gasteiger partial charge in [-0.1, -0.05) is 85.6 Å².